The van der Waals surface area contributed by atoms with E-state index in [1.165, 1.54) is 11.8 Å². The minimum atomic E-state index is -1.08. The first-order chi connectivity index (χ1) is 16.6. The molecule has 1 heterocycles. The SMILES string of the molecule is Cc1ccc(CN2C(=O)N(C[C@H](C)C(=O)O)C(=O)NC2Nc2ccc(OCCC(C)C)cc2)cc1. The van der Waals surface area contributed by atoms with Gasteiger partial charge in [0.2, 0.25) is 0 Å². The van der Waals surface area contributed by atoms with E-state index in [0.717, 1.165) is 28.2 Å². The van der Waals surface area contributed by atoms with E-state index in [2.05, 4.69) is 24.5 Å². The Bertz CT molecular complexity index is 1020. The normalized spacial score (nSPS) is 16.8. The Labute approximate surface area is 206 Å². The number of carbonyl (C=O) groups is 3. The van der Waals surface area contributed by atoms with Crippen molar-refractivity contribution < 1.29 is 24.2 Å². The first kappa shape index (κ1) is 25.9. The summed E-state index contributed by atoms with van der Waals surface area (Å²) >= 11 is 0. The number of benzene rings is 2. The fourth-order valence-electron chi connectivity index (χ4n) is 3.52. The molecule has 0 radical (unpaired) electrons. The lowest BCUT2D eigenvalue weighted by molar-refractivity contribution is -0.141. The maximum Gasteiger partial charge on any atom is 0.331 e. The first-order valence-corrected chi connectivity index (χ1v) is 11.8. The lowest BCUT2D eigenvalue weighted by Crippen LogP contribution is -2.67. The number of carboxylic acids is 1. The van der Waals surface area contributed by atoms with Crippen molar-refractivity contribution in [3.05, 3.63) is 59.7 Å². The summed E-state index contributed by atoms with van der Waals surface area (Å²) in [6, 6.07) is 13.9. The molecule has 0 aromatic heterocycles. The molecule has 0 spiro atoms. The number of rotatable bonds is 11. The highest BCUT2D eigenvalue weighted by molar-refractivity contribution is 5.96. The molecule has 2 aromatic carbocycles. The predicted molar refractivity (Wildman–Crippen MR) is 133 cm³/mol. The molecule has 3 N–H and O–H groups in total. The van der Waals surface area contributed by atoms with Crippen LogP contribution in [0.15, 0.2) is 48.5 Å². The van der Waals surface area contributed by atoms with E-state index in [1.807, 2.05) is 55.5 Å². The van der Waals surface area contributed by atoms with Crippen molar-refractivity contribution in [3.8, 4) is 5.75 Å². The van der Waals surface area contributed by atoms with Crippen LogP contribution in [-0.2, 0) is 11.3 Å². The monoisotopic (exact) mass is 482 g/mol. The molecule has 0 saturated carbocycles. The fraction of sp³-hybridized carbons (Fsp3) is 0.423. The van der Waals surface area contributed by atoms with Gasteiger partial charge in [0.25, 0.3) is 0 Å². The van der Waals surface area contributed by atoms with Crippen molar-refractivity contribution in [1.82, 2.24) is 15.1 Å². The average molecular weight is 483 g/mol. The average Bonchev–Trinajstić information content (AvgIpc) is 2.81. The zero-order valence-electron chi connectivity index (χ0n) is 20.7. The quantitative estimate of drug-likeness (QED) is 0.435. The molecule has 188 valence electrons. The molecule has 2 atom stereocenters. The van der Waals surface area contributed by atoms with Crippen LogP contribution in [0.3, 0.4) is 0 Å². The second-order valence-corrected chi connectivity index (χ2v) is 9.30. The van der Waals surface area contributed by atoms with Crippen LogP contribution in [0, 0.1) is 18.8 Å². The van der Waals surface area contributed by atoms with Gasteiger partial charge in [-0.05, 0) is 49.1 Å². The maximum absolute atomic E-state index is 13.3. The molecule has 0 bridgehead atoms. The molecule has 1 aliphatic rings. The summed E-state index contributed by atoms with van der Waals surface area (Å²) in [5.41, 5.74) is 2.67. The third-order valence-corrected chi connectivity index (χ3v) is 5.77. The highest BCUT2D eigenvalue weighted by Crippen LogP contribution is 2.21. The van der Waals surface area contributed by atoms with E-state index in [1.54, 1.807) is 0 Å². The molecule has 3 rings (SSSR count). The first-order valence-electron chi connectivity index (χ1n) is 11.8. The lowest BCUT2D eigenvalue weighted by Gasteiger charge is -2.41. The van der Waals surface area contributed by atoms with Crippen molar-refractivity contribution in [1.29, 1.82) is 0 Å². The van der Waals surface area contributed by atoms with E-state index >= 15 is 0 Å². The number of hydrogen-bond acceptors (Lipinski definition) is 5. The summed E-state index contributed by atoms with van der Waals surface area (Å²) in [6.45, 7) is 8.36. The summed E-state index contributed by atoms with van der Waals surface area (Å²) in [5.74, 6) is -0.670. The van der Waals surface area contributed by atoms with Crippen molar-refractivity contribution >= 4 is 23.7 Å². The van der Waals surface area contributed by atoms with Gasteiger partial charge >= 0.3 is 18.0 Å². The molecule has 1 saturated heterocycles. The molecule has 9 heteroatoms. The number of urea groups is 2. The highest BCUT2D eigenvalue weighted by atomic mass is 16.5. The Morgan fingerprint density at radius 3 is 2.34 bits per heavy atom. The van der Waals surface area contributed by atoms with E-state index in [4.69, 9.17) is 4.74 Å². The van der Waals surface area contributed by atoms with Crippen LogP contribution in [0.5, 0.6) is 5.75 Å². The van der Waals surface area contributed by atoms with Crippen LogP contribution >= 0.6 is 0 Å². The van der Waals surface area contributed by atoms with Gasteiger partial charge in [-0.15, -0.1) is 0 Å². The van der Waals surface area contributed by atoms with Gasteiger partial charge in [-0.25, -0.2) is 14.5 Å². The van der Waals surface area contributed by atoms with E-state index in [9.17, 15) is 19.5 Å². The number of imide groups is 1. The topological polar surface area (TPSA) is 111 Å². The molecule has 35 heavy (non-hydrogen) atoms. The van der Waals surface area contributed by atoms with Crippen molar-refractivity contribution in [2.45, 2.75) is 47.0 Å². The summed E-state index contributed by atoms with van der Waals surface area (Å²) < 4.78 is 5.76. The number of hydrogen-bond donors (Lipinski definition) is 3. The lowest BCUT2D eigenvalue weighted by atomic mass is 10.1. The van der Waals surface area contributed by atoms with Crippen LogP contribution in [-0.4, -0.2) is 52.4 Å². The molecule has 0 aliphatic carbocycles. The Hall–Kier alpha value is -3.75. The van der Waals surface area contributed by atoms with Gasteiger partial charge in [-0.1, -0.05) is 50.6 Å². The third kappa shape index (κ3) is 7.11. The van der Waals surface area contributed by atoms with Crippen molar-refractivity contribution in [2.75, 3.05) is 18.5 Å². The Morgan fingerprint density at radius 2 is 1.74 bits per heavy atom. The van der Waals surface area contributed by atoms with Crippen LogP contribution in [0.1, 0.15) is 38.3 Å². The summed E-state index contributed by atoms with van der Waals surface area (Å²) in [7, 11) is 0. The molecular formula is C26H34N4O5. The molecule has 2 aromatic rings. The molecule has 4 amide bonds. The van der Waals surface area contributed by atoms with Gasteiger partial charge in [0.1, 0.15) is 5.75 Å². The highest BCUT2D eigenvalue weighted by Gasteiger charge is 2.39. The van der Waals surface area contributed by atoms with Gasteiger partial charge in [-0.3, -0.25) is 15.0 Å². The van der Waals surface area contributed by atoms with Crippen molar-refractivity contribution in [2.24, 2.45) is 11.8 Å². The molecule has 1 unspecified atom stereocenters. The number of carboxylic acid groups (broad SMARTS) is 1. The fourth-order valence-corrected chi connectivity index (χ4v) is 3.52. The second kappa shape index (κ2) is 11.6. The van der Waals surface area contributed by atoms with Gasteiger partial charge in [0.15, 0.2) is 6.29 Å². The molecular weight excluding hydrogens is 448 g/mol. The standard InChI is InChI=1S/C26H34N4O5/c1-17(2)13-14-35-22-11-9-21(10-12-22)27-24-28-25(33)30(15-19(4)23(31)32)26(34)29(24)16-20-7-5-18(3)6-8-20/h5-12,17,19,24,27H,13-16H2,1-4H3,(H,28,33)(H,31,32)/t19-,24?/m0/s1. The van der Waals surface area contributed by atoms with Crippen LogP contribution in [0.2, 0.25) is 0 Å². The second-order valence-electron chi connectivity index (χ2n) is 9.30. The van der Waals surface area contributed by atoms with E-state index in [0.29, 0.717) is 18.2 Å². The van der Waals surface area contributed by atoms with Gasteiger partial charge in [-0.2, -0.15) is 0 Å². The molecule has 1 aliphatic heterocycles. The number of ether oxygens (including phenoxy) is 1. The predicted octanol–water partition coefficient (Wildman–Crippen LogP) is 4.48. The van der Waals surface area contributed by atoms with Gasteiger partial charge in [0.05, 0.1) is 19.1 Å². The Kier molecular flexibility index (Phi) is 8.57. The third-order valence-electron chi connectivity index (χ3n) is 5.77. The van der Waals surface area contributed by atoms with Gasteiger partial charge in [0, 0.05) is 12.2 Å². The maximum atomic E-state index is 13.3. The minimum Gasteiger partial charge on any atom is -0.494 e. The summed E-state index contributed by atoms with van der Waals surface area (Å²) in [4.78, 5) is 39.8. The summed E-state index contributed by atoms with van der Waals surface area (Å²) in [5, 5.41) is 15.2. The molecule has 9 nitrogen and oxygen atoms in total. The van der Waals surface area contributed by atoms with Gasteiger partial charge < -0.3 is 15.2 Å². The minimum absolute atomic E-state index is 0.223. The number of amides is 4. The number of nitrogens with one attached hydrogen (secondary N) is 2. The van der Waals surface area contributed by atoms with Crippen LogP contribution < -0.4 is 15.4 Å². The number of carbonyl (C=O) groups excluding carboxylic acids is 2. The van der Waals surface area contributed by atoms with Crippen LogP contribution in [0.25, 0.3) is 0 Å². The Morgan fingerprint density at radius 1 is 1.09 bits per heavy atom. The smallest absolute Gasteiger partial charge is 0.331 e. The number of anilines is 1. The van der Waals surface area contributed by atoms with E-state index < -0.39 is 30.2 Å². The summed E-state index contributed by atoms with van der Waals surface area (Å²) in [6.07, 6.45) is 0.140. The largest absolute Gasteiger partial charge is 0.494 e. The molecule has 1 fully saturated rings. The van der Waals surface area contributed by atoms with Crippen molar-refractivity contribution in [3.63, 3.8) is 0 Å². The van der Waals surface area contributed by atoms with Crippen LogP contribution in [0.4, 0.5) is 15.3 Å². The van der Waals surface area contributed by atoms with E-state index in [-0.39, 0.29) is 13.1 Å². The number of aryl methyl sites for hydroxylation is 1. The number of nitrogens with zero attached hydrogens (tertiary/aromatic N) is 2. The number of aliphatic carboxylic acids is 1. The zero-order valence-corrected chi connectivity index (χ0v) is 20.7. The Balaban J connectivity index is 1.77. The zero-order chi connectivity index (χ0) is 25.5.